The monoisotopic (exact) mass is 291 g/mol. The largest absolute Gasteiger partial charge is 0.383 e. The van der Waals surface area contributed by atoms with Gasteiger partial charge in [0, 0.05) is 19.2 Å². The standard InChI is InChI=1S/C14H17N3O4/c1-4-10(8-21-3)16-9(2)15-13-6-5-11(17(19)20)7-12(13)14(16)18/h5-7,10H,4,8H2,1-3H3. The van der Waals surface area contributed by atoms with Gasteiger partial charge in [-0.25, -0.2) is 4.98 Å². The van der Waals surface area contributed by atoms with Crippen molar-refractivity contribution in [2.24, 2.45) is 0 Å². The molecule has 0 aliphatic rings. The number of nitro groups is 1. The average molecular weight is 291 g/mol. The van der Waals surface area contributed by atoms with Crippen LogP contribution >= 0.6 is 0 Å². The number of aromatic nitrogens is 2. The molecule has 0 spiro atoms. The van der Waals surface area contributed by atoms with E-state index in [0.29, 0.717) is 24.4 Å². The Bertz CT molecular complexity index is 739. The first-order valence-corrected chi connectivity index (χ1v) is 6.65. The van der Waals surface area contributed by atoms with Crippen LogP contribution in [0.25, 0.3) is 10.9 Å². The van der Waals surface area contributed by atoms with Crippen LogP contribution in [0.5, 0.6) is 0 Å². The summed E-state index contributed by atoms with van der Waals surface area (Å²) in [6.07, 6.45) is 0.705. The molecule has 0 fully saturated rings. The molecule has 0 amide bonds. The number of nitro benzene ring substituents is 1. The first kappa shape index (κ1) is 15.1. The summed E-state index contributed by atoms with van der Waals surface area (Å²) in [5.74, 6) is 0.574. The minimum Gasteiger partial charge on any atom is -0.383 e. The lowest BCUT2D eigenvalue weighted by molar-refractivity contribution is -0.384. The third-order valence-electron chi connectivity index (χ3n) is 3.47. The minimum atomic E-state index is -0.518. The van der Waals surface area contributed by atoms with Gasteiger partial charge in [-0.3, -0.25) is 19.5 Å². The molecule has 0 saturated carbocycles. The van der Waals surface area contributed by atoms with Gasteiger partial charge < -0.3 is 4.74 Å². The van der Waals surface area contributed by atoms with E-state index in [1.807, 2.05) is 6.92 Å². The Morgan fingerprint density at radius 2 is 2.19 bits per heavy atom. The van der Waals surface area contributed by atoms with Crippen LogP contribution in [0.15, 0.2) is 23.0 Å². The van der Waals surface area contributed by atoms with E-state index in [-0.39, 0.29) is 22.7 Å². The first-order chi connectivity index (χ1) is 9.99. The highest BCUT2D eigenvalue weighted by atomic mass is 16.6. The summed E-state index contributed by atoms with van der Waals surface area (Å²) in [6, 6.07) is 3.99. The summed E-state index contributed by atoms with van der Waals surface area (Å²) in [6.45, 7) is 4.09. The molecule has 0 saturated heterocycles. The van der Waals surface area contributed by atoms with Gasteiger partial charge in [0.25, 0.3) is 11.2 Å². The first-order valence-electron chi connectivity index (χ1n) is 6.65. The SMILES string of the molecule is CCC(COC)n1c(C)nc2ccc([N+](=O)[O-])cc2c1=O. The van der Waals surface area contributed by atoms with E-state index in [1.165, 1.54) is 18.2 Å². The van der Waals surface area contributed by atoms with Crippen LogP contribution < -0.4 is 5.56 Å². The Morgan fingerprint density at radius 3 is 2.76 bits per heavy atom. The second-order valence-corrected chi connectivity index (χ2v) is 4.81. The van der Waals surface area contributed by atoms with Crippen LogP contribution in [0, 0.1) is 17.0 Å². The lowest BCUT2D eigenvalue weighted by Crippen LogP contribution is -2.30. The predicted octanol–water partition coefficient (Wildman–Crippen LogP) is 2.21. The summed E-state index contributed by atoms with van der Waals surface area (Å²) in [5.41, 5.74) is 0.0771. The zero-order valence-corrected chi connectivity index (χ0v) is 12.2. The zero-order valence-electron chi connectivity index (χ0n) is 12.2. The van der Waals surface area contributed by atoms with Crippen LogP contribution in [0.2, 0.25) is 0 Å². The predicted molar refractivity (Wildman–Crippen MR) is 78.6 cm³/mol. The molecule has 7 nitrogen and oxygen atoms in total. The zero-order chi connectivity index (χ0) is 15.6. The van der Waals surface area contributed by atoms with Crippen LogP contribution in [0.1, 0.15) is 25.2 Å². The summed E-state index contributed by atoms with van der Waals surface area (Å²) in [7, 11) is 1.57. The van der Waals surface area contributed by atoms with Crippen molar-refractivity contribution in [1.82, 2.24) is 9.55 Å². The fraction of sp³-hybridized carbons (Fsp3) is 0.429. The van der Waals surface area contributed by atoms with E-state index in [1.54, 1.807) is 18.6 Å². The minimum absolute atomic E-state index is 0.114. The summed E-state index contributed by atoms with van der Waals surface area (Å²) in [5, 5.41) is 11.1. The van der Waals surface area contributed by atoms with Gasteiger partial charge in [0.2, 0.25) is 0 Å². The van der Waals surface area contributed by atoms with Crippen molar-refractivity contribution in [2.75, 3.05) is 13.7 Å². The number of aryl methyl sites for hydroxylation is 1. The van der Waals surface area contributed by atoms with E-state index >= 15 is 0 Å². The highest BCUT2D eigenvalue weighted by Crippen LogP contribution is 2.19. The summed E-state index contributed by atoms with van der Waals surface area (Å²) in [4.78, 5) is 27.4. The molecule has 1 aromatic carbocycles. The number of hydrogen-bond donors (Lipinski definition) is 0. The summed E-state index contributed by atoms with van der Waals surface area (Å²) >= 11 is 0. The molecule has 21 heavy (non-hydrogen) atoms. The molecule has 0 radical (unpaired) electrons. The Kier molecular flexibility index (Phi) is 4.32. The maximum Gasteiger partial charge on any atom is 0.270 e. The van der Waals surface area contributed by atoms with Crippen molar-refractivity contribution in [3.63, 3.8) is 0 Å². The second-order valence-electron chi connectivity index (χ2n) is 4.81. The fourth-order valence-electron chi connectivity index (χ4n) is 2.41. The van der Waals surface area contributed by atoms with Crippen molar-refractivity contribution in [3.8, 4) is 0 Å². The second kappa shape index (κ2) is 6.01. The number of methoxy groups -OCH3 is 1. The number of ether oxygens (including phenoxy) is 1. The van der Waals surface area contributed by atoms with Gasteiger partial charge in [0.15, 0.2) is 0 Å². The maximum absolute atomic E-state index is 12.6. The van der Waals surface area contributed by atoms with Crippen LogP contribution in [0.3, 0.4) is 0 Å². The highest BCUT2D eigenvalue weighted by Gasteiger charge is 2.17. The number of hydrogen-bond acceptors (Lipinski definition) is 5. The molecule has 0 aliphatic heterocycles. The van der Waals surface area contributed by atoms with Gasteiger partial charge >= 0.3 is 0 Å². The van der Waals surface area contributed by atoms with E-state index in [4.69, 9.17) is 4.74 Å². The molecule has 1 unspecified atom stereocenters. The molecule has 0 bridgehead atoms. The fourth-order valence-corrected chi connectivity index (χ4v) is 2.41. The molecular formula is C14H17N3O4. The molecule has 112 valence electrons. The quantitative estimate of drug-likeness (QED) is 0.622. The number of fused-ring (bicyclic) bond motifs is 1. The highest BCUT2D eigenvalue weighted by molar-refractivity contribution is 5.80. The summed E-state index contributed by atoms with van der Waals surface area (Å²) < 4.78 is 6.69. The van der Waals surface area contributed by atoms with Crippen molar-refractivity contribution >= 4 is 16.6 Å². The molecule has 1 atom stereocenters. The molecule has 0 N–H and O–H groups in total. The molecular weight excluding hydrogens is 274 g/mol. The third-order valence-corrected chi connectivity index (χ3v) is 3.47. The van der Waals surface area contributed by atoms with Gasteiger partial charge in [0.05, 0.1) is 28.5 Å². The van der Waals surface area contributed by atoms with Gasteiger partial charge in [-0.1, -0.05) is 6.92 Å². The smallest absolute Gasteiger partial charge is 0.270 e. The molecule has 1 heterocycles. The molecule has 2 rings (SSSR count). The number of benzene rings is 1. The third kappa shape index (κ3) is 2.78. The Hall–Kier alpha value is -2.28. The molecule has 0 aliphatic carbocycles. The molecule has 2 aromatic rings. The van der Waals surface area contributed by atoms with Crippen molar-refractivity contribution in [3.05, 3.63) is 44.5 Å². The van der Waals surface area contributed by atoms with E-state index in [9.17, 15) is 14.9 Å². The molecule has 7 heteroatoms. The van der Waals surface area contributed by atoms with Crippen molar-refractivity contribution in [1.29, 1.82) is 0 Å². The lowest BCUT2D eigenvalue weighted by Gasteiger charge is -2.19. The van der Waals surface area contributed by atoms with Crippen LogP contribution in [-0.2, 0) is 4.74 Å². The molecule has 1 aromatic heterocycles. The Labute approximate surface area is 121 Å². The maximum atomic E-state index is 12.6. The number of rotatable bonds is 5. The van der Waals surface area contributed by atoms with E-state index in [2.05, 4.69) is 4.98 Å². The average Bonchev–Trinajstić information content (AvgIpc) is 2.45. The van der Waals surface area contributed by atoms with Gasteiger partial charge in [-0.15, -0.1) is 0 Å². The number of non-ortho nitro benzene ring substituents is 1. The van der Waals surface area contributed by atoms with E-state index in [0.717, 1.165) is 0 Å². The van der Waals surface area contributed by atoms with Crippen LogP contribution in [0.4, 0.5) is 5.69 Å². The van der Waals surface area contributed by atoms with Gasteiger partial charge in [-0.05, 0) is 19.4 Å². The normalized spacial score (nSPS) is 12.5. The Morgan fingerprint density at radius 1 is 1.48 bits per heavy atom. The van der Waals surface area contributed by atoms with Crippen molar-refractivity contribution < 1.29 is 9.66 Å². The topological polar surface area (TPSA) is 87.3 Å². The van der Waals surface area contributed by atoms with E-state index < -0.39 is 4.92 Å². The lowest BCUT2D eigenvalue weighted by atomic mass is 10.2. The Balaban J connectivity index is 2.72. The van der Waals surface area contributed by atoms with Gasteiger partial charge in [-0.2, -0.15) is 0 Å². The van der Waals surface area contributed by atoms with Gasteiger partial charge in [0.1, 0.15) is 5.82 Å². The van der Waals surface area contributed by atoms with Crippen molar-refractivity contribution in [2.45, 2.75) is 26.3 Å². The number of nitrogens with zero attached hydrogens (tertiary/aromatic N) is 3. The van der Waals surface area contributed by atoms with Crippen LogP contribution in [-0.4, -0.2) is 28.2 Å².